The lowest BCUT2D eigenvalue weighted by atomic mass is 9.96. The van der Waals surface area contributed by atoms with Crippen molar-refractivity contribution < 1.29 is 0 Å². The summed E-state index contributed by atoms with van der Waals surface area (Å²) in [6, 6.07) is 4.96. The number of hydrogen-bond donors (Lipinski definition) is 0. The van der Waals surface area contributed by atoms with Crippen molar-refractivity contribution in [1.82, 2.24) is 9.88 Å². The molecule has 1 aliphatic rings. The summed E-state index contributed by atoms with van der Waals surface area (Å²) in [5.74, 6) is 0. The normalized spacial score (nSPS) is 21.1. The molecular weight excluding hydrogens is 264 g/mol. The third-order valence-corrected chi connectivity index (χ3v) is 4.83. The molecule has 1 unspecified atom stereocenters. The molecule has 1 fully saturated rings. The van der Waals surface area contributed by atoms with Gasteiger partial charge in [0.2, 0.25) is 0 Å². The highest BCUT2D eigenvalue weighted by Crippen LogP contribution is 2.39. The van der Waals surface area contributed by atoms with Gasteiger partial charge >= 0.3 is 0 Å². The molecule has 0 bridgehead atoms. The minimum absolute atomic E-state index is 0.216. The lowest BCUT2D eigenvalue weighted by Crippen LogP contribution is -2.34. The van der Waals surface area contributed by atoms with E-state index in [-0.39, 0.29) is 4.75 Å². The van der Waals surface area contributed by atoms with Crippen LogP contribution >= 0.6 is 11.8 Å². The van der Waals surface area contributed by atoms with Gasteiger partial charge in [-0.15, -0.1) is 11.8 Å². The van der Waals surface area contributed by atoms with Crippen LogP contribution in [0.3, 0.4) is 0 Å². The van der Waals surface area contributed by atoms with Crippen LogP contribution < -0.4 is 0 Å². The fourth-order valence-electron chi connectivity index (χ4n) is 2.93. The zero-order valence-corrected chi connectivity index (χ0v) is 14.2. The Bertz CT molecular complexity index is 423. The summed E-state index contributed by atoms with van der Waals surface area (Å²) in [5, 5.41) is 1.23. The smallest absolute Gasteiger partial charge is 0.101 e. The molecule has 0 radical (unpaired) electrons. The number of rotatable bonds is 4. The molecule has 0 aliphatic carbocycles. The van der Waals surface area contributed by atoms with E-state index < -0.39 is 0 Å². The van der Waals surface area contributed by atoms with Crippen molar-refractivity contribution in [3.8, 4) is 0 Å². The molecule has 3 heteroatoms. The third kappa shape index (κ3) is 4.23. The zero-order chi connectivity index (χ0) is 14.6. The van der Waals surface area contributed by atoms with Crippen molar-refractivity contribution in [2.45, 2.75) is 69.2 Å². The first-order valence-corrected chi connectivity index (χ1v) is 8.71. The summed E-state index contributed by atoms with van der Waals surface area (Å²) in [6.45, 7) is 11.5. The Kier molecular flexibility index (Phi) is 5.50. The van der Waals surface area contributed by atoms with Crippen molar-refractivity contribution in [1.29, 1.82) is 0 Å². The monoisotopic (exact) mass is 292 g/mol. The number of piperidine rings is 1. The lowest BCUT2D eigenvalue weighted by Gasteiger charge is -2.36. The van der Waals surface area contributed by atoms with Crippen LogP contribution in [-0.4, -0.2) is 27.7 Å². The van der Waals surface area contributed by atoms with Crippen LogP contribution in [0, 0.1) is 0 Å². The molecule has 2 nitrogen and oxygen atoms in total. The predicted octanol–water partition coefficient (Wildman–Crippen LogP) is 4.91. The van der Waals surface area contributed by atoms with Gasteiger partial charge in [-0.2, -0.15) is 0 Å². The molecule has 2 heterocycles. The Balaban J connectivity index is 2.25. The van der Waals surface area contributed by atoms with Crippen LogP contribution in [0.25, 0.3) is 0 Å². The minimum atomic E-state index is 0.216. The van der Waals surface area contributed by atoms with Gasteiger partial charge in [0.05, 0.1) is 0 Å². The van der Waals surface area contributed by atoms with Crippen LogP contribution in [0.4, 0.5) is 0 Å². The predicted molar refractivity (Wildman–Crippen MR) is 88.3 cm³/mol. The van der Waals surface area contributed by atoms with Gasteiger partial charge in [-0.1, -0.05) is 40.2 Å². The van der Waals surface area contributed by atoms with Gasteiger partial charge in [0, 0.05) is 22.5 Å². The maximum absolute atomic E-state index is 4.67. The van der Waals surface area contributed by atoms with E-state index in [0.29, 0.717) is 6.04 Å². The van der Waals surface area contributed by atoms with Crippen molar-refractivity contribution in [2.24, 2.45) is 0 Å². The molecule has 2 rings (SSSR count). The van der Waals surface area contributed by atoms with E-state index in [4.69, 9.17) is 0 Å². The molecule has 1 aliphatic heterocycles. The molecule has 0 aromatic carbocycles. The average molecular weight is 292 g/mol. The highest BCUT2D eigenvalue weighted by atomic mass is 32.2. The molecule has 112 valence electrons. The zero-order valence-electron chi connectivity index (χ0n) is 13.4. The largest absolute Gasteiger partial charge is 0.296 e. The topological polar surface area (TPSA) is 16.1 Å². The Hall–Kier alpha value is -0.540. The Labute approximate surface area is 128 Å². The summed E-state index contributed by atoms with van der Waals surface area (Å²) >= 11 is 1.90. The van der Waals surface area contributed by atoms with Crippen LogP contribution in [-0.2, 0) is 0 Å². The summed E-state index contributed by atoms with van der Waals surface area (Å²) in [6.07, 6.45) is 7.14. The summed E-state index contributed by atoms with van der Waals surface area (Å²) < 4.78 is 0.216. The number of hydrogen-bond acceptors (Lipinski definition) is 3. The molecule has 20 heavy (non-hydrogen) atoms. The number of aromatic nitrogens is 1. The van der Waals surface area contributed by atoms with Gasteiger partial charge in [0.15, 0.2) is 0 Å². The molecule has 0 N–H and O–H groups in total. The second kappa shape index (κ2) is 6.95. The van der Waals surface area contributed by atoms with E-state index in [1.54, 1.807) is 0 Å². The highest BCUT2D eigenvalue weighted by Gasteiger charge is 2.27. The van der Waals surface area contributed by atoms with Crippen molar-refractivity contribution >= 4 is 11.8 Å². The molecule has 0 amide bonds. The second-order valence-corrected chi connectivity index (χ2v) is 8.48. The van der Waals surface area contributed by atoms with Crippen LogP contribution in [0.2, 0.25) is 0 Å². The van der Waals surface area contributed by atoms with Gasteiger partial charge in [0.25, 0.3) is 0 Å². The quantitative estimate of drug-likeness (QED) is 0.734. The second-order valence-electron chi connectivity index (χ2n) is 6.66. The van der Waals surface area contributed by atoms with Gasteiger partial charge in [-0.05, 0) is 38.4 Å². The first-order chi connectivity index (χ1) is 9.51. The highest BCUT2D eigenvalue weighted by molar-refractivity contribution is 8.00. The Morgan fingerprint density at radius 1 is 1.35 bits per heavy atom. The summed E-state index contributed by atoms with van der Waals surface area (Å²) in [4.78, 5) is 7.33. The molecule has 1 aromatic heterocycles. The molecule has 1 saturated heterocycles. The van der Waals surface area contributed by atoms with E-state index in [2.05, 4.69) is 49.7 Å². The van der Waals surface area contributed by atoms with E-state index in [9.17, 15) is 0 Å². The van der Waals surface area contributed by atoms with Crippen molar-refractivity contribution in [3.05, 3.63) is 23.9 Å². The molecular formula is C17H28N2S. The van der Waals surface area contributed by atoms with E-state index in [0.717, 1.165) is 0 Å². The van der Waals surface area contributed by atoms with Gasteiger partial charge in [0.1, 0.15) is 5.03 Å². The van der Waals surface area contributed by atoms with E-state index in [1.165, 1.54) is 49.4 Å². The molecule has 1 aromatic rings. The van der Waals surface area contributed by atoms with Crippen LogP contribution in [0.5, 0.6) is 0 Å². The number of likely N-dealkylation sites (tertiary alicyclic amines) is 1. The van der Waals surface area contributed by atoms with E-state index in [1.807, 2.05) is 18.0 Å². The molecule has 0 saturated carbocycles. The Morgan fingerprint density at radius 2 is 2.15 bits per heavy atom. The van der Waals surface area contributed by atoms with Crippen molar-refractivity contribution in [2.75, 3.05) is 13.1 Å². The summed E-state index contributed by atoms with van der Waals surface area (Å²) in [7, 11) is 0. The van der Waals surface area contributed by atoms with Gasteiger partial charge in [-0.25, -0.2) is 4.98 Å². The van der Waals surface area contributed by atoms with Crippen molar-refractivity contribution in [3.63, 3.8) is 0 Å². The molecule has 1 atom stereocenters. The third-order valence-electron chi connectivity index (χ3n) is 3.69. The first kappa shape index (κ1) is 15.8. The standard InChI is InChI=1S/C17H28N2S/c1-5-12-19-13-7-6-10-15(19)14-9-8-11-18-16(14)20-17(2,3)4/h8-9,11,15H,5-7,10,12-13H2,1-4H3. The Morgan fingerprint density at radius 3 is 2.85 bits per heavy atom. The number of pyridine rings is 1. The van der Waals surface area contributed by atoms with Gasteiger partial charge in [-0.3, -0.25) is 4.90 Å². The van der Waals surface area contributed by atoms with E-state index >= 15 is 0 Å². The maximum Gasteiger partial charge on any atom is 0.101 e. The lowest BCUT2D eigenvalue weighted by molar-refractivity contribution is 0.146. The first-order valence-electron chi connectivity index (χ1n) is 7.89. The fraction of sp³-hybridized carbons (Fsp3) is 0.706. The fourth-order valence-corrected chi connectivity index (χ4v) is 3.95. The molecule has 0 spiro atoms. The average Bonchev–Trinajstić information content (AvgIpc) is 2.39. The van der Waals surface area contributed by atoms with Crippen LogP contribution in [0.15, 0.2) is 23.4 Å². The van der Waals surface area contributed by atoms with Crippen LogP contribution in [0.1, 0.15) is 65.0 Å². The SMILES string of the molecule is CCCN1CCCCC1c1cccnc1SC(C)(C)C. The number of nitrogens with zero attached hydrogens (tertiary/aromatic N) is 2. The van der Waals surface area contributed by atoms with Gasteiger partial charge < -0.3 is 0 Å². The minimum Gasteiger partial charge on any atom is -0.296 e. The maximum atomic E-state index is 4.67. The number of thioether (sulfide) groups is 1. The summed E-state index contributed by atoms with van der Waals surface area (Å²) in [5.41, 5.74) is 1.44.